The van der Waals surface area contributed by atoms with Gasteiger partial charge in [-0.3, -0.25) is 9.59 Å². The Morgan fingerprint density at radius 3 is 1.71 bits per heavy atom. The molecule has 0 spiro atoms. The van der Waals surface area contributed by atoms with Crippen LogP contribution in [0.5, 0.6) is 0 Å². The smallest absolute Gasteiger partial charge is 0.303 e. The van der Waals surface area contributed by atoms with Crippen molar-refractivity contribution in [2.75, 3.05) is 20.3 Å². The molecule has 5 atom stereocenters. The highest BCUT2D eigenvalue weighted by molar-refractivity contribution is 5.67. The summed E-state index contributed by atoms with van der Waals surface area (Å²) in [5.74, 6) is -1.12. The second kappa shape index (κ2) is 14.2. The maximum atomic E-state index is 12.1. The first-order chi connectivity index (χ1) is 19.9. The normalized spacial score (nSPS) is 21.1. The molecule has 1 aliphatic heterocycles. The number of hydrogen-bond donors (Lipinski definition) is 0. The predicted molar refractivity (Wildman–Crippen MR) is 152 cm³/mol. The van der Waals surface area contributed by atoms with E-state index in [1.54, 1.807) is 6.08 Å². The lowest BCUT2D eigenvalue weighted by Gasteiger charge is -2.38. The standard InChI is InChI=1S/C33H36O8/c1-5-21-37-28(29-30(39-23(2)34)31(40-24(3)35)32(36-4)41-29)22-38-33(25-15-9-6-10-16-25,26-17-11-7-12-18-26)27-19-13-8-14-20-27/h5-20,28-32H,1,21-22H2,2-4H3/t28-,29+,30+,31-,32-/m1/s1. The van der Waals surface area contributed by atoms with Gasteiger partial charge >= 0.3 is 11.9 Å². The molecule has 0 saturated carbocycles. The van der Waals surface area contributed by atoms with Crippen molar-refractivity contribution in [2.45, 2.75) is 50.2 Å². The zero-order valence-corrected chi connectivity index (χ0v) is 23.5. The van der Waals surface area contributed by atoms with E-state index < -0.39 is 48.2 Å². The van der Waals surface area contributed by atoms with E-state index in [0.717, 1.165) is 16.7 Å². The Labute approximate surface area is 240 Å². The fourth-order valence-corrected chi connectivity index (χ4v) is 5.19. The molecule has 0 amide bonds. The van der Waals surface area contributed by atoms with Gasteiger partial charge in [-0.15, -0.1) is 6.58 Å². The molecule has 1 saturated heterocycles. The van der Waals surface area contributed by atoms with Crippen molar-refractivity contribution in [2.24, 2.45) is 0 Å². The third-order valence-electron chi connectivity index (χ3n) is 6.84. The summed E-state index contributed by atoms with van der Waals surface area (Å²) < 4.78 is 35.9. The van der Waals surface area contributed by atoms with E-state index in [2.05, 4.69) is 6.58 Å². The molecule has 216 valence electrons. The Kier molecular flexibility index (Phi) is 10.4. The maximum absolute atomic E-state index is 12.1. The molecule has 3 aromatic rings. The van der Waals surface area contributed by atoms with Crippen molar-refractivity contribution in [3.8, 4) is 0 Å². The number of hydrogen-bond acceptors (Lipinski definition) is 8. The summed E-state index contributed by atoms with van der Waals surface area (Å²) in [7, 11) is 1.43. The van der Waals surface area contributed by atoms with Crippen LogP contribution in [0.3, 0.4) is 0 Å². The molecule has 1 heterocycles. The summed E-state index contributed by atoms with van der Waals surface area (Å²) >= 11 is 0. The summed E-state index contributed by atoms with van der Waals surface area (Å²) in [6.45, 7) is 6.51. The summed E-state index contributed by atoms with van der Waals surface area (Å²) in [5.41, 5.74) is 1.72. The van der Waals surface area contributed by atoms with E-state index in [-0.39, 0.29) is 13.2 Å². The predicted octanol–water partition coefficient (Wildman–Crippen LogP) is 4.80. The van der Waals surface area contributed by atoms with Gasteiger partial charge in [-0.05, 0) is 16.7 Å². The molecule has 1 aliphatic rings. The minimum atomic E-state index is -1.02. The highest BCUT2D eigenvalue weighted by atomic mass is 16.7. The molecule has 0 bridgehead atoms. The lowest BCUT2D eigenvalue weighted by atomic mass is 9.80. The van der Waals surface area contributed by atoms with E-state index in [1.807, 2.05) is 91.0 Å². The molecule has 0 unspecified atom stereocenters. The van der Waals surface area contributed by atoms with Gasteiger partial charge in [0.05, 0.1) is 13.2 Å². The van der Waals surface area contributed by atoms with Crippen LogP contribution in [0.2, 0.25) is 0 Å². The van der Waals surface area contributed by atoms with E-state index in [0.29, 0.717) is 0 Å². The Morgan fingerprint density at radius 1 is 0.829 bits per heavy atom. The van der Waals surface area contributed by atoms with Gasteiger partial charge in [-0.1, -0.05) is 97.1 Å². The minimum Gasteiger partial charge on any atom is -0.455 e. The summed E-state index contributed by atoms with van der Waals surface area (Å²) in [6.07, 6.45) is -3.02. The number of carbonyl (C=O) groups excluding carboxylic acids is 2. The van der Waals surface area contributed by atoms with Crippen LogP contribution in [0.15, 0.2) is 104 Å². The third-order valence-corrected chi connectivity index (χ3v) is 6.84. The van der Waals surface area contributed by atoms with Gasteiger partial charge in [0.2, 0.25) is 0 Å². The number of methoxy groups -OCH3 is 1. The molecule has 4 rings (SSSR count). The summed E-state index contributed by atoms with van der Waals surface area (Å²) in [4.78, 5) is 24.1. The zero-order chi connectivity index (χ0) is 29.2. The molecule has 0 N–H and O–H groups in total. The van der Waals surface area contributed by atoms with Crippen LogP contribution < -0.4 is 0 Å². The van der Waals surface area contributed by atoms with Crippen molar-refractivity contribution in [1.82, 2.24) is 0 Å². The van der Waals surface area contributed by atoms with E-state index in [9.17, 15) is 9.59 Å². The number of rotatable bonds is 13. The molecule has 0 radical (unpaired) electrons. The second-order valence-electron chi connectivity index (χ2n) is 9.60. The molecule has 8 nitrogen and oxygen atoms in total. The number of esters is 2. The number of ether oxygens (including phenoxy) is 6. The Bertz CT molecular complexity index is 1170. The highest BCUT2D eigenvalue weighted by Gasteiger charge is 2.53. The van der Waals surface area contributed by atoms with E-state index in [4.69, 9.17) is 28.4 Å². The Balaban J connectivity index is 1.78. The number of carbonyl (C=O) groups is 2. The average Bonchev–Trinajstić information content (AvgIpc) is 3.32. The largest absolute Gasteiger partial charge is 0.455 e. The van der Waals surface area contributed by atoms with Crippen LogP contribution in [-0.2, 0) is 43.6 Å². The van der Waals surface area contributed by atoms with Gasteiger partial charge in [-0.25, -0.2) is 0 Å². The highest BCUT2D eigenvalue weighted by Crippen LogP contribution is 2.41. The number of benzene rings is 3. The molecular formula is C33H36O8. The molecule has 3 aromatic carbocycles. The average molecular weight is 561 g/mol. The van der Waals surface area contributed by atoms with Crippen LogP contribution >= 0.6 is 0 Å². The van der Waals surface area contributed by atoms with Gasteiger partial charge in [-0.2, -0.15) is 0 Å². The molecular weight excluding hydrogens is 524 g/mol. The van der Waals surface area contributed by atoms with Crippen molar-refractivity contribution >= 4 is 11.9 Å². The van der Waals surface area contributed by atoms with E-state index in [1.165, 1.54) is 21.0 Å². The molecule has 41 heavy (non-hydrogen) atoms. The van der Waals surface area contributed by atoms with Gasteiger partial charge in [0.15, 0.2) is 18.5 Å². The summed E-state index contributed by atoms with van der Waals surface area (Å²) in [5, 5.41) is 0. The monoisotopic (exact) mass is 560 g/mol. The lowest BCUT2D eigenvalue weighted by Crippen LogP contribution is -2.47. The first-order valence-electron chi connectivity index (χ1n) is 13.5. The van der Waals surface area contributed by atoms with Gasteiger partial charge in [0.1, 0.15) is 17.8 Å². The fraction of sp³-hybridized carbons (Fsp3) is 0.333. The maximum Gasteiger partial charge on any atom is 0.303 e. The SMILES string of the molecule is C=CCO[C@H](COC(c1ccccc1)(c1ccccc1)c1ccccc1)[C@@H]1O[C@@H](OC)[C@H](OC(C)=O)[C@H]1OC(C)=O. The van der Waals surface area contributed by atoms with Crippen LogP contribution in [0, 0.1) is 0 Å². The van der Waals surface area contributed by atoms with Crippen molar-refractivity contribution < 1.29 is 38.0 Å². The second-order valence-corrected chi connectivity index (χ2v) is 9.60. The van der Waals surface area contributed by atoms with Crippen molar-refractivity contribution in [3.63, 3.8) is 0 Å². The van der Waals surface area contributed by atoms with E-state index >= 15 is 0 Å². The van der Waals surface area contributed by atoms with Crippen LogP contribution in [0.25, 0.3) is 0 Å². The van der Waals surface area contributed by atoms with Crippen LogP contribution in [0.4, 0.5) is 0 Å². The van der Waals surface area contributed by atoms with Crippen LogP contribution in [0.1, 0.15) is 30.5 Å². The van der Waals surface area contributed by atoms with Crippen LogP contribution in [-0.4, -0.2) is 63.0 Å². The first kappa shape index (κ1) is 30.1. The Hall–Kier alpha value is -3.82. The van der Waals surface area contributed by atoms with Crippen molar-refractivity contribution in [3.05, 3.63) is 120 Å². The quantitative estimate of drug-likeness (QED) is 0.167. The van der Waals surface area contributed by atoms with Gasteiger partial charge in [0, 0.05) is 21.0 Å². The molecule has 1 fully saturated rings. The third kappa shape index (κ3) is 6.92. The first-order valence-corrected chi connectivity index (χ1v) is 13.5. The van der Waals surface area contributed by atoms with Gasteiger partial charge in [0.25, 0.3) is 0 Å². The molecule has 0 aromatic heterocycles. The lowest BCUT2D eigenvalue weighted by molar-refractivity contribution is -0.189. The van der Waals surface area contributed by atoms with Crippen molar-refractivity contribution in [1.29, 1.82) is 0 Å². The zero-order valence-electron chi connectivity index (χ0n) is 23.5. The molecule has 0 aliphatic carbocycles. The van der Waals surface area contributed by atoms with Gasteiger partial charge < -0.3 is 28.4 Å². The topological polar surface area (TPSA) is 89.5 Å². The fourth-order valence-electron chi connectivity index (χ4n) is 5.19. The summed E-state index contributed by atoms with van der Waals surface area (Å²) in [6, 6.07) is 29.8. The Morgan fingerprint density at radius 2 is 1.29 bits per heavy atom. The molecule has 8 heteroatoms. The minimum absolute atomic E-state index is 0.0121.